The highest BCUT2D eigenvalue weighted by atomic mass is 19.4. The predicted molar refractivity (Wildman–Crippen MR) is 31.3 cm³/mol. The number of hydrogen-bond donors (Lipinski definition) is 2. The summed E-state index contributed by atoms with van der Waals surface area (Å²) in [6.45, 7) is 0. The van der Waals surface area contributed by atoms with Crippen LogP contribution in [0.25, 0.3) is 0 Å². The van der Waals surface area contributed by atoms with E-state index in [0.717, 1.165) is 0 Å². The van der Waals surface area contributed by atoms with Crippen LogP contribution in [-0.4, -0.2) is 16.2 Å². The van der Waals surface area contributed by atoms with Gasteiger partial charge in [0.15, 0.2) is 5.56 Å². The molecule has 5 nitrogen and oxygen atoms in total. The molecule has 0 amide bonds. The maximum Gasteiger partial charge on any atom is 0.425 e. The van der Waals surface area contributed by atoms with Crippen LogP contribution < -0.4 is 5.56 Å². The zero-order valence-electron chi connectivity index (χ0n) is 5.81. The van der Waals surface area contributed by atoms with Gasteiger partial charge in [-0.1, -0.05) is 0 Å². The SMILES string of the molecule is O=C(O)c1o[nH]c(=O)c1C(F)(F)F. The zero-order valence-corrected chi connectivity index (χ0v) is 5.81. The highest BCUT2D eigenvalue weighted by Gasteiger charge is 2.41. The van der Waals surface area contributed by atoms with Crippen LogP contribution in [-0.2, 0) is 6.18 Å². The lowest BCUT2D eigenvalue weighted by molar-refractivity contribution is -0.139. The Morgan fingerprint density at radius 1 is 1.46 bits per heavy atom. The fraction of sp³-hybridized carbons (Fsp3) is 0.200. The van der Waals surface area contributed by atoms with E-state index in [1.54, 1.807) is 0 Å². The third-order valence-corrected chi connectivity index (χ3v) is 1.18. The third kappa shape index (κ3) is 1.55. The number of rotatable bonds is 1. The summed E-state index contributed by atoms with van der Waals surface area (Å²) < 4.78 is 39.7. The van der Waals surface area contributed by atoms with Gasteiger partial charge in [0.25, 0.3) is 11.3 Å². The van der Waals surface area contributed by atoms with Gasteiger partial charge in [-0.15, -0.1) is 0 Å². The molecule has 0 radical (unpaired) electrons. The number of hydrogen-bond acceptors (Lipinski definition) is 3. The van der Waals surface area contributed by atoms with E-state index >= 15 is 0 Å². The van der Waals surface area contributed by atoms with Crippen LogP contribution in [0.2, 0.25) is 0 Å². The number of carboxylic acids is 1. The molecule has 2 N–H and O–H groups in total. The van der Waals surface area contributed by atoms with Crippen LogP contribution in [0.15, 0.2) is 9.32 Å². The second-order valence-electron chi connectivity index (χ2n) is 2.04. The van der Waals surface area contributed by atoms with Crippen LogP contribution in [0.5, 0.6) is 0 Å². The Bertz CT molecular complexity index is 387. The van der Waals surface area contributed by atoms with Crippen molar-refractivity contribution in [1.82, 2.24) is 5.16 Å². The molecule has 72 valence electrons. The Balaban J connectivity index is 3.42. The highest BCUT2D eigenvalue weighted by molar-refractivity contribution is 5.86. The first-order valence-electron chi connectivity index (χ1n) is 2.86. The molecule has 0 aliphatic heterocycles. The molecule has 0 saturated heterocycles. The number of H-pyrrole nitrogens is 1. The molecule has 0 aliphatic rings. The average molecular weight is 197 g/mol. The van der Waals surface area contributed by atoms with Gasteiger partial charge in [0, 0.05) is 0 Å². The Hall–Kier alpha value is -1.73. The van der Waals surface area contributed by atoms with Gasteiger partial charge in [0.05, 0.1) is 0 Å². The minimum absolute atomic E-state index is 1.29. The molecule has 0 saturated carbocycles. The number of aromatic carboxylic acids is 1. The van der Waals surface area contributed by atoms with Gasteiger partial charge in [-0.2, -0.15) is 18.3 Å². The summed E-state index contributed by atoms with van der Waals surface area (Å²) >= 11 is 0. The summed E-state index contributed by atoms with van der Waals surface area (Å²) in [5.74, 6) is -3.39. The van der Waals surface area contributed by atoms with Crippen molar-refractivity contribution in [3.8, 4) is 0 Å². The summed E-state index contributed by atoms with van der Waals surface area (Å²) in [6, 6.07) is 0. The predicted octanol–water partition coefficient (Wildman–Crippen LogP) is 0.685. The molecule has 1 heterocycles. The molecule has 0 fully saturated rings. The molecule has 1 aromatic heterocycles. The molecule has 0 aliphatic carbocycles. The van der Waals surface area contributed by atoms with Gasteiger partial charge in [-0.05, 0) is 0 Å². The number of aromatic amines is 1. The number of carboxylic acid groups (broad SMARTS) is 1. The Labute approximate surface area is 67.7 Å². The van der Waals surface area contributed by atoms with E-state index < -0.39 is 29.0 Å². The Kier molecular flexibility index (Phi) is 1.90. The maximum atomic E-state index is 12.0. The van der Waals surface area contributed by atoms with Crippen LogP contribution in [0.3, 0.4) is 0 Å². The molecule has 0 aromatic carbocycles. The molecule has 13 heavy (non-hydrogen) atoms. The number of carbonyl (C=O) groups is 1. The van der Waals surface area contributed by atoms with Crippen molar-refractivity contribution in [2.75, 3.05) is 0 Å². The first-order valence-corrected chi connectivity index (χ1v) is 2.86. The lowest BCUT2D eigenvalue weighted by Gasteiger charge is -2.00. The van der Waals surface area contributed by atoms with Gasteiger partial charge >= 0.3 is 12.1 Å². The van der Waals surface area contributed by atoms with E-state index in [9.17, 15) is 22.8 Å². The number of aromatic nitrogens is 1. The van der Waals surface area contributed by atoms with Crippen molar-refractivity contribution in [2.24, 2.45) is 0 Å². The van der Waals surface area contributed by atoms with Crippen LogP contribution >= 0.6 is 0 Å². The molecule has 1 rings (SSSR count). The van der Waals surface area contributed by atoms with E-state index in [0.29, 0.717) is 0 Å². The summed E-state index contributed by atoms with van der Waals surface area (Å²) in [5.41, 5.74) is -3.44. The van der Waals surface area contributed by atoms with Crippen molar-refractivity contribution in [2.45, 2.75) is 6.18 Å². The first-order chi connectivity index (χ1) is 5.84. The summed E-state index contributed by atoms with van der Waals surface area (Å²) in [4.78, 5) is 20.6. The van der Waals surface area contributed by atoms with E-state index in [2.05, 4.69) is 4.52 Å². The van der Waals surface area contributed by atoms with E-state index in [-0.39, 0.29) is 0 Å². The lowest BCUT2D eigenvalue weighted by Crippen LogP contribution is -2.19. The first kappa shape index (κ1) is 9.36. The van der Waals surface area contributed by atoms with Crippen LogP contribution in [0.1, 0.15) is 16.1 Å². The summed E-state index contributed by atoms with van der Waals surface area (Å²) in [6.07, 6.45) is -5.03. The fourth-order valence-corrected chi connectivity index (χ4v) is 0.711. The number of nitrogens with one attached hydrogen (secondary N) is 1. The second kappa shape index (κ2) is 2.64. The largest absolute Gasteiger partial charge is 0.475 e. The van der Waals surface area contributed by atoms with E-state index in [4.69, 9.17) is 5.11 Å². The molecule has 8 heteroatoms. The molecular weight excluding hydrogens is 195 g/mol. The van der Waals surface area contributed by atoms with Crippen molar-refractivity contribution < 1.29 is 27.6 Å². The smallest absolute Gasteiger partial charge is 0.425 e. The quantitative estimate of drug-likeness (QED) is 0.693. The fourth-order valence-electron chi connectivity index (χ4n) is 0.711. The second-order valence-corrected chi connectivity index (χ2v) is 2.04. The lowest BCUT2D eigenvalue weighted by atomic mass is 10.2. The molecule has 1 aromatic rings. The summed E-state index contributed by atoms with van der Waals surface area (Å²) in [7, 11) is 0. The molecule has 0 bridgehead atoms. The molecule has 0 spiro atoms. The number of alkyl halides is 3. The zero-order chi connectivity index (χ0) is 10.2. The average Bonchev–Trinajstić information content (AvgIpc) is 2.28. The molecule has 0 unspecified atom stereocenters. The topological polar surface area (TPSA) is 83.3 Å². The maximum absolute atomic E-state index is 12.0. The Morgan fingerprint density at radius 2 is 2.00 bits per heavy atom. The van der Waals surface area contributed by atoms with Crippen molar-refractivity contribution >= 4 is 5.97 Å². The van der Waals surface area contributed by atoms with Gasteiger partial charge in [-0.25, -0.2) is 4.79 Å². The van der Waals surface area contributed by atoms with Gasteiger partial charge < -0.3 is 9.63 Å². The third-order valence-electron chi connectivity index (χ3n) is 1.18. The molecule has 0 atom stereocenters. The van der Waals surface area contributed by atoms with Crippen molar-refractivity contribution in [1.29, 1.82) is 0 Å². The standard InChI is InChI=1S/C5H2F3NO4/c6-5(7,8)1-2(4(11)12)13-9-3(1)10/h(H,9,10)(H,11,12). The normalized spacial score (nSPS) is 11.6. The van der Waals surface area contributed by atoms with Crippen molar-refractivity contribution in [3.63, 3.8) is 0 Å². The minimum atomic E-state index is -5.03. The highest BCUT2D eigenvalue weighted by Crippen LogP contribution is 2.29. The van der Waals surface area contributed by atoms with Crippen LogP contribution in [0, 0.1) is 0 Å². The summed E-state index contributed by atoms with van der Waals surface area (Å²) in [5, 5.41) is 9.48. The molecular formula is C5H2F3NO4. The van der Waals surface area contributed by atoms with Gasteiger partial charge in [0.2, 0.25) is 0 Å². The van der Waals surface area contributed by atoms with Gasteiger partial charge in [-0.3, -0.25) is 4.79 Å². The van der Waals surface area contributed by atoms with Gasteiger partial charge in [0.1, 0.15) is 0 Å². The van der Waals surface area contributed by atoms with E-state index in [1.165, 1.54) is 5.16 Å². The van der Waals surface area contributed by atoms with Crippen molar-refractivity contribution in [3.05, 3.63) is 21.7 Å². The van der Waals surface area contributed by atoms with E-state index in [1.807, 2.05) is 0 Å². The monoisotopic (exact) mass is 197 g/mol. The Morgan fingerprint density at radius 3 is 2.31 bits per heavy atom. The van der Waals surface area contributed by atoms with Crippen LogP contribution in [0.4, 0.5) is 13.2 Å². The number of halogens is 3. The minimum Gasteiger partial charge on any atom is -0.475 e.